The first-order chi connectivity index (χ1) is 14.7. The fourth-order valence-electron chi connectivity index (χ4n) is 5.53. The van der Waals surface area contributed by atoms with Gasteiger partial charge in [-0.3, -0.25) is 14.5 Å². The summed E-state index contributed by atoms with van der Waals surface area (Å²) in [4.78, 5) is 32.7. The second-order valence-corrected chi connectivity index (χ2v) is 9.96. The SMILES string of the molecule is O=C(CC1CCCCC1)N1CCCC(N(CCCN2CCOCC2)C(=O)C2CC2)C1. The number of hydrogen-bond donors (Lipinski definition) is 0. The molecular weight excluding hydrogens is 378 g/mol. The molecule has 0 radical (unpaired) electrons. The Bertz CT molecular complexity index is 568. The average molecular weight is 420 g/mol. The lowest BCUT2D eigenvalue weighted by Crippen LogP contribution is -2.53. The van der Waals surface area contributed by atoms with Crippen LogP contribution in [-0.4, -0.2) is 85.0 Å². The molecule has 2 aliphatic heterocycles. The van der Waals surface area contributed by atoms with Crippen LogP contribution in [-0.2, 0) is 14.3 Å². The summed E-state index contributed by atoms with van der Waals surface area (Å²) in [6.45, 7) is 7.16. The lowest BCUT2D eigenvalue weighted by atomic mass is 9.86. The summed E-state index contributed by atoms with van der Waals surface area (Å²) < 4.78 is 5.45. The van der Waals surface area contributed by atoms with E-state index in [0.29, 0.717) is 17.7 Å². The molecule has 4 fully saturated rings. The fourth-order valence-corrected chi connectivity index (χ4v) is 5.53. The van der Waals surface area contributed by atoms with E-state index in [-0.39, 0.29) is 12.0 Å². The zero-order chi connectivity index (χ0) is 20.8. The van der Waals surface area contributed by atoms with Gasteiger partial charge in [0.1, 0.15) is 0 Å². The molecule has 0 aromatic rings. The molecule has 4 rings (SSSR count). The standard InChI is InChI=1S/C24H41N3O3/c28-23(18-20-6-2-1-3-7-20)26-12-4-8-22(19-26)27(24(29)21-9-10-21)13-5-11-25-14-16-30-17-15-25/h20-22H,1-19H2. The van der Waals surface area contributed by atoms with Gasteiger partial charge in [0.05, 0.1) is 13.2 Å². The van der Waals surface area contributed by atoms with E-state index in [9.17, 15) is 9.59 Å². The van der Waals surface area contributed by atoms with Crippen molar-refractivity contribution in [1.29, 1.82) is 0 Å². The number of amides is 2. The highest BCUT2D eigenvalue weighted by atomic mass is 16.5. The molecule has 1 unspecified atom stereocenters. The third kappa shape index (κ3) is 6.19. The highest BCUT2D eigenvalue weighted by Gasteiger charge is 2.38. The molecule has 6 nitrogen and oxygen atoms in total. The molecule has 4 aliphatic rings. The Morgan fingerprint density at radius 2 is 1.67 bits per heavy atom. The summed E-state index contributed by atoms with van der Waals surface area (Å²) in [5.74, 6) is 1.52. The maximum atomic E-state index is 13.1. The third-order valence-corrected chi connectivity index (χ3v) is 7.56. The van der Waals surface area contributed by atoms with Gasteiger partial charge in [-0.05, 0) is 50.9 Å². The van der Waals surface area contributed by atoms with E-state index >= 15 is 0 Å². The number of rotatable bonds is 8. The zero-order valence-corrected chi connectivity index (χ0v) is 18.7. The predicted octanol–water partition coefficient (Wildman–Crippen LogP) is 2.91. The molecule has 2 saturated carbocycles. The molecule has 2 amide bonds. The van der Waals surface area contributed by atoms with Crippen LogP contribution in [0.1, 0.15) is 70.6 Å². The van der Waals surface area contributed by atoms with E-state index in [1.807, 2.05) is 0 Å². The molecule has 6 heteroatoms. The number of hydrogen-bond acceptors (Lipinski definition) is 4. The predicted molar refractivity (Wildman–Crippen MR) is 117 cm³/mol. The Morgan fingerprint density at radius 1 is 0.900 bits per heavy atom. The molecule has 0 bridgehead atoms. The summed E-state index contributed by atoms with van der Waals surface area (Å²) in [6, 6.07) is 0.215. The Labute approximate surface area is 182 Å². The van der Waals surface area contributed by atoms with E-state index in [4.69, 9.17) is 4.74 Å². The van der Waals surface area contributed by atoms with Crippen molar-refractivity contribution in [3.8, 4) is 0 Å². The van der Waals surface area contributed by atoms with Crippen LogP contribution in [0.4, 0.5) is 0 Å². The van der Waals surface area contributed by atoms with Crippen molar-refractivity contribution in [3.63, 3.8) is 0 Å². The van der Waals surface area contributed by atoms with Crippen LogP contribution in [0.25, 0.3) is 0 Å². The maximum Gasteiger partial charge on any atom is 0.225 e. The molecule has 0 spiro atoms. The molecule has 2 aliphatic carbocycles. The highest BCUT2D eigenvalue weighted by molar-refractivity contribution is 5.81. The van der Waals surface area contributed by atoms with Gasteiger partial charge in [-0.2, -0.15) is 0 Å². The van der Waals surface area contributed by atoms with Crippen molar-refractivity contribution in [2.24, 2.45) is 11.8 Å². The van der Waals surface area contributed by atoms with Gasteiger partial charge in [0, 0.05) is 57.6 Å². The fraction of sp³-hybridized carbons (Fsp3) is 0.917. The van der Waals surface area contributed by atoms with Crippen LogP contribution in [0.2, 0.25) is 0 Å². The molecule has 0 aromatic carbocycles. The number of ether oxygens (including phenoxy) is 1. The van der Waals surface area contributed by atoms with E-state index in [0.717, 1.165) is 91.0 Å². The summed E-state index contributed by atoms with van der Waals surface area (Å²) in [7, 11) is 0. The quantitative estimate of drug-likeness (QED) is 0.607. The normalized spacial score (nSPS) is 26.5. The minimum absolute atomic E-state index is 0.215. The van der Waals surface area contributed by atoms with Gasteiger partial charge in [-0.15, -0.1) is 0 Å². The topological polar surface area (TPSA) is 53.1 Å². The Balaban J connectivity index is 1.30. The molecule has 0 N–H and O–H groups in total. The smallest absolute Gasteiger partial charge is 0.225 e. The van der Waals surface area contributed by atoms with Crippen molar-refractivity contribution >= 4 is 11.8 Å². The number of carbonyl (C=O) groups is 2. The second kappa shape index (κ2) is 10.9. The van der Waals surface area contributed by atoms with Crippen LogP contribution >= 0.6 is 0 Å². The number of morpholine rings is 1. The van der Waals surface area contributed by atoms with Crippen LogP contribution in [0.5, 0.6) is 0 Å². The molecule has 1 atom stereocenters. The summed E-state index contributed by atoms with van der Waals surface area (Å²) in [5, 5.41) is 0. The van der Waals surface area contributed by atoms with Crippen molar-refractivity contribution in [2.75, 3.05) is 52.5 Å². The van der Waals surface area contributed by atoms with E-state index in [1.165, 1.54) is 32.1 Å². The van der Waals surface area contributed by atoms with Crippen molar-refractivity contribution in [3.05, 3.63) is 0 Å². The minimum atomic E-state index is 0.215. The highest BCUT2D eigenvalue weighted by Crippen LogP contribution is 2.33. The summed E-state index contributed by atoms with van der Waals surface area (Å²) in [6.07, 6.45) is 12.3. The van der Waals surface area contributed by atoms with Gasteiger partial charge in [0.25, 0.3) is 0 Å². The number of carbonyl (C=O) groups excluding carboxylic acids is 2. The van der Waals surface area contributed by atoms with Gasteiger partial charge in [0.15, 0.2) is 0 Å². The van der Waals surface area contributed by atoms with E-state index < -0.39 is 0 Å². The molecular formula is C24H41N3O3. The monoisotopic (exact) mass is 419 g/mol. The van der Waals surface area contributed by atoms with Crippen molar-refractivity contribution in [2.45, 2.75) is 76.7 Å². The molecule has 2 heterocycles. The summed E-state index contributed by atoms with van der Waals surface area (Å²) >= 11 is 0. The van der Waals surface area contributed by atoms with E-state index in [2.05, 4.69) is 14.7 Å². The van der Waals surface area contributed by atoms with Gasteiger partial charge in [-0.1, -0.05) is 19.3 Å². The first kappa shape index (κ1) is 22.1. The average Bonchev–Trinajstić information content (AvgIpc) is 3.63. The van der Waals surface area contributed by atoms with Crippen LogP contribution < -0.4 is 0 Å². The summed E-state index contributed by atoms with van der Waals surface area (Å²) in [5.41, 5.74) is 0. The first-order valence-electron chi connectivity index (χ1n) is 12.6. The zero-order valence-electron chi connectivity index (χ0n) is 18.7. The Morgan fingerprint density at radius 3 is 2.40 bits per heavy atom. The molecule has 2 saturated heterocycles. The second-order valence-electron chi connectivity index (χ2n) is 9.96. The minimum Gasteiger partial charge on any atom is -0.379 e. The van der Waals surface area contributed by atoms with Gasteiger partial charge in [0.2, 0.25) is 11.8 Å². The Kier molecular flexibility index (Phi) is 8.05. The lowest BCUT2D eigenvalue weighted by Gasteiger charge is -2.40. The van der Waals surface area contributed by atoms with E-state index in [1.54, 1.807) is 0 Å². The lowest BCUT2D eigenvalue weighted by molar-refractivity contribution is -0.141. The number of piperidine rings is 1. The van der Waals surface area contributed by atoms with Crippen LogP contribution in [0, 0.1) is 11.8 Å². The first-order valence-corrected chi connectivity index (χ1v) is 12.6. The number of likely N-dealkylation sites (tertiary alicyclic amines) is 1. The molecule has 0 aromatic heterocycles. The van der Waals surface area contributed by atoms with Gasteiger partial charge < -0.3 is 14.5 Å². The number of nitrogens with zero attached hydrogens (tertiary/aromatic N) is 3. The van der Waals surface area contributed by atoms with Crippen LogP contribution in [0.3, 0.4) is 0 Å². The largest absolute Gasteiger partial charge is 0.379 e. The molecule has 30 heavy (non-hydrogen) atoms. The third-order valence-electron chi connectivity index (χ3n) is 7.56. The van der Waals surface area contributed by atoms with Crippen LogP contribution in [0.15, 0.2) is 0 Å². The van der Waals surface area contributed by atoms with Gasteiger partial charge >= 0.3 is 0 Å². The van der Waals surface area contributed by atoms with Gasteiger partial charge in [-0.25, -0.2) is 0 Å². The molecule has 170 valence electrons. The van der Waals surface area contributed by atoms with Crippen molar-refractivity contribution in [1.82, 2.24) is 14.7 Å². The maximum absolute atomic E-state index is 13.1. The van der Waals surface area contributed by atoms with Crippen molar-refractivity contribution < 1.29 is 14.3 Å². The Hall–Kier alpha value is -1.14.